The number of esters is 2. The highest BCUT2D eigenvalue weighted by Gasteiger charge is 2.25. The molecule has 0 saturated heterocycles. The van der Waals surface area contributed by atoms with E-state index in [0.717, 1.165) is 51.4 Å². The molecule has 0 amide bonds. The van der Waals surface area contributed by atoms with Crippen LogP contribution < -0.4 is 5.11 Å². The Balaban J connectivity index is 4.19. The Hall–Kier alpha value is -2.71. The molecule has 0 aliphatic heterocycles. The van der Waals surface area contributed by atoms with Crippen molar-refractivity contribution >= 4 is 17.9 Å². The number of allylic oxidation sites excluding steroid dienone is 8. The van der Waals surface area contributed by atoms with Gasteiger partial charge < -0.3 is 28.6 Å². The number of hydrogen-bond donors (Lipinski definition) is 0. The number of hydrogen-bond acceptors (Lipinski definition) is 7. The number of carboxylic acid groups (broad SMARTS) is 1. The van der Waals surface area contributed by atoms with Crippen molar-refractivity contribution in [2.45, 2.75) is 251 Å². The predicted octanol–water partition coefficient (Wildman–Crippen LogP) is 14.2. The number of carboxylic acids is 1. The van der Waals surface area contributed by atoms with Crippen LogP contribution in [0, 0.1) is 0 Å². The summed E-state index contributed by atoms with van der Waals surface area (Å²) in [5.74, 6) is -1.73. The molecule has 0 fully saturated rings. The fraction of sp³-hybridized carbons (Fsp3) is 0.804. The smallest absolute Gasteiger partial charge is 0.306 e. The molecule has 0 bridgehead atoms. The van der Waals surface area contributed by atoms with Crippen molar-refractivity contribution < 1.29 is 38.2 Å². The highest BCUT2D eigenvalue weighted by Crippen LogP contribution is 2.16. The Bertz CT molecular complexity index is 1190. The standard InChI is InChI=1S/C56H101NO7/c1-6-8-10-12-14-16-18-20-22-24-26-27-29-30-32-34-36-38-40-42-44-46-54(58)63-51-52(50-62-49-48-53(56(60)61)57(3,4)5)64-55(59)47-45-43-41-39-37-35-33-31-28-25-23-21-19-17-15-13-11-9-7-2/h8,10,14-17,19,21,52-53H,6-7,9,11-13,18,20,22-51H2,1-5H3/b10-8+,16-14+,17-15+,21-19+. The number of ether oxygens (including phenoxy) is 3. The first-order valence-corrected chi connectivity index (χ1v) is 26.7. The van der Waals surface area contributed by atoms with Gasteiger partial charge in [-0.3, -0.25) is 9.59 Å². The highest BCUT2D eigenvalue weighted by molar-refractivity contribution is 5.70. The largest absolute Gasteiger partial charge is 0.544 e. The molecule has 64 heavy (non-hydrogen) atoms. The number of nitrogens with zero attached hydrogens (tertiary/aromatic N) is 1. The molecule has 0 N–H and O–H groups in total. The van der Waals surface area contributed by atoms with Crippen molar-refractivity contribution in [1.29, 1.82) is 0 Å². The zero-order valence-electron chi connectivity index (χ0n) is 42.4. The fourth-order valence-corrected chi connectivity index (χ4v) is 7.87. The van der Waals surface area contributed by atoms with Crippen LogP contribution >= 0.6 is 0 Å². The molecule has 0 rings (SSSR count). The number of aliphatic carboxylic acids is 1. The van der Waals surface area contributed by atoms with E-state index in [1.54, 1.807) is 21.1 Å². The van der Waals surface area contributed by atoms with E-state index in [0.29, 0.717) is 12.8 Å². The molecular formula is C56H101NO7. The summed E-state index contributed by atoms with van der Waals surface area (Å²) < 4.78 is 17.3. The van der Waals surface area contributed by atoms with Crippen molar-refractivity contribution in [2.75, 3.05) is 41.0 Å². The number of quaternary nitrogens is 1. The topological polar surface area (TPSA) is 102 Å². The third-order valence-corrected chi connectivity index (χ3v) is 12.0. The Labute approximate surface area is 395 Å². The minimum atomic E-state index is -1.12. The molecule has 0 aliphatic rings. The van der Waals surface area contributed by atoms with Crippen LogP contribution in [-0.4, -0.2) is 75.5 Å². The summed E-state index contributed by atoms with van der Waals surface area (Å²) in [5.41, 5.74) is 0. The summed E-state index contributed by atoms with van der Waals surface area (Å²) in [7, 11) is 5.42. The first kappa shape index (κ1) is 61.3. The molecule has 0 heterocycles. The van der Waals surface area contributed by atoms with E-state index in [1.165, 1.54) is 154 Å². The minimum absolute atomic E-state index is 0.0407. The van der Waals surface area contributed by atoms with Gasteiger partial charge in [0, 0.05) is 19.3 Å². The zero-order chi connectivity index (χ0) is 47.0. The van der Waals surface area contributed by atoms with E-state index in [2.05, 4.69) is 62.5 Å². The monoisotopic (exact) mass is 900 g/mol. The maximum absolute atomic E-state index is 12.8. The van der Waals surface area contributed by atoms with E-state index in [4.69, 9.17) is 14.2 Å². The lowest BCUT2D eigenvalue weighted by molar-refractivity contribution is -0.889. The summed E-state index contributed by atoms with van der Waals surface area (Å²) >= 11 is 0. The lowest BCUT2D eigenvalue weighted by Crippen LogP contribution is -2.55. The van der Waals surface area contributed by atoms with Crippen LogP contribution in [0.3, 0.4) is 0 Å². The van der Waals surface area contributed by atoms with Crippen LogP contribution in [0.2, 0.25) is 0 Å². The second kappa shape index (κ2) is 46.8. The SMILES string of the molecule is CC/C=C/C/C=C/CCCCCCCCCCCCCCCCC(=O)OCC(COCCC(C(=O)[O-])[N+](C)(C)C)OC(=O)CCCCCCCCCCCC/C=C/C=C/CCCCC. The van der Waals surface area contributed by atoms with Crippen LogP contribution in [0.25, 0.3) is 0 Å². The molecule has 0 radical (unpaired) electrons. The molecule has 0 aromatic heterocycles. The third-order valence-electron chi connectivity index (χ3n) is 12.0. The van der Waals surface area contributed by atoms with E-state index < -0.39 is 18.1 Å². The number of unbranched alkanes of at least 4 members (excludes halogenated alkanes) is 27. The van der Waals surface area contributed by atoms with Crippen LogP contribution in [0.4, 0.5) is 0 Å². The van der Waals surface area contributed by atoms with Crippen molar-refractivity contribution in [1.82, 2.24) is 0 Å². The molecule has 0 spiro atoms. The molecular weight excluding hydrogens is 799 g/mol. The average Bonchev–Trinajstić information content (AvgIpc) is 3.26. The summed E-state index contributed by atoms with van der Waals surface area (Å²) in [6, 6.07) is -0.727. The van der Waals surface area contributed by atoms with Crippen molar-refractivity contribution in [2.24, 2.45) is 0 Å². The molecule has 0 aliphatic carbocycles. The van der Waals surface area contributed by atoms with Gasteiger partial charge in [0.25, 0.3) is 0 Å². The molecule has 0 aromatic carbocycles. The Morgan fingerprint density at radius 3 is 1.38 bits per heavy atom. The number of rotatable bonds is 48. The van der Waals surface area contributed by atoms with Crippen molar-refractivity contribution in [3.05, 3.63) is 48.6 Å². The Kier molecular flexibility index (Phi) is 44.8. The second-order valence-corrected chi connectivity index (χ2v) is 19.1. The van der Waals surface area contributed by atoms with Crippen LogP contribution in [0.15, 0.2) is 48.6 Å². The third kappa shape index (κ3) is 44.5. The maximum atomic E-state index is 12.8. The van der Waals surface area contributed by atoms with E-state index in [1.807, 2.05) is 0 Å². The first-order valence-electron chi connectivity index (χ1n) is 26.7. The lowest BCUT2D eigenvalue weighted by atomic mass is 10.0. The van der Waals surface area contributed by atoms with Gasteiger partial charge in [-0.05, 0) is 64.2 Å². The first-order chi connectivity index (χ1) is 31.1. The van der Waals surface area contributed by atoms with Crippen LogP contribution in [0.1, 0.15) is 239 Å². The zero-order valence-corrected chi connectivity index (χ0v) is 42.4. The fourth-order valence-electron chi connectivity index (χ4n) is 7.87. The van der Waals surface area contributed by atoms with Gasteiger partial charge in [-0.2, -0.15) is 0 Å². The quantitative estimate of drug-likeness (QED) is 0.0197. The molecule has 0 saturated carbocycles. The van der Waals surface area contributed by atoms with Gasteiger partial charge in [0.1, 0.15) is 12.6 Å². The van der Waals surface area contributed by atoms with Gasteiger partial charge in [-0.1, -0.05) is 204 Å². The number of carbonyl (C=O) groups is 3. The Morgan fingerprint density at radius 2 is 0.922 bits per heavy atom. The maximum Gasteiger partial charge on any atom is 0.306 e. The molecule has 2 atom stereocenters. The predicted molar refractivity (Wildman–Crippen MR) is 268 cm³/mol. The van der Waals surface area contributed by atoms with Gasteiger partial charge in [-0.25, -0.2) is 0 Å². The van der Waals surface area contributed by atoms with Gasteiger partial charge in [0.15, 0.2) is 6.10 Å². The van der Waals surface area contributed by atoms with E-state index >= 15 is 0 Å². The molecule has 8 nitrogen and oxygen atoms in total. The molecule has 372 valence electrons. The molecule has 2 unspecified atom stereocenters. The van der Waals surface area contributed by atoms with Crippen LogP contribution in [0.5, 0.6) is 0 Å². The molecule has 8 heteroatoms. The highest BCUT2D eigenvalue weighted by atomic mass is 16.6. The summed E-state index contributed by atoms with van der Waals surface area (Å²) in [5, 5.41) is 11.7. The summed E-state index contributed by atoms with van der Waals surface area (Å²) in [4.78, 5) is 37.1. The molecule has 0 aromatic rings. The lowest BCUT2D eigenvalue weighted by Gasteiger charge is -2.34. The number of likely N-dealkylation sites (N-methyl/N-ethyl adjacent to an activating group) is 1. The summed E-state index contributed by atoms with van der Waals surface area (Å²) in [6.07, 6.45) is 57.1. The van der Waals surface area contributed by atoms with Crippen molar-refractivity contribution in [3.8, 4) is 0 Å². The van der Waals surface area contributed by atoms with E-state index in [9.17, 15) is 19.5 Å². The van der Waals surface area contributed by atoms with Crippen molar-refractivity contribution in [3.63, 3.8) is 0 Å². The van der Waals surface area contributed by atoms with Gasteiger partial charge in [0.05, 0.1) is 40.3 Å². The Morgan fingerprint density at radius 1 is 0.500 bits per heavy atom. The average molecular weight is 900 g/mol. The van der Waals surface area contributed by atoms with Gasteiger partial charge >= 0.3 is 11.9 Å². The van der Waals surface area contributed by atoms with E-state index in [-0.39, 0.29) is 42.7 Å². The second-order valence-electron chi connectivity index (χ2n) is 19.1. The number of carbonyl (C=O) groups excluding carboxylic acids is 3. The summed E-state index contributed by atoms with van der Waals surface area (Å²) in [6.45, 7) is 4.56. The van der Waals surface area contributed by atoms with Crippen LogP contribution in [-0.2, 0) is 28.6 Å². The normalized spacial score (nSPS) is 13.2. The van der Waals surface area contributed by atoms with Gasteiger partial charge in [-0.15, -0.1) is 0 Å². The minimum Gasteiger partial charge on any atom is -0.544 e. The van der Waals surface area contributed by atoms with Gasteiger partial charge in [0.2, 0.25) is 0 Å².